The van der Waals surface area contributed by atoms with Crippen LogP contribution in [0.2, 0.25) is 0 Å². The maximum absolute atomic E-state index is 13.4. The SMILES string of the molecule is Cc1cc(C(=O)N(Cc2cccnc2)c2ccc(-c3ccccc3)cc2)n(C)n1. The normalized spacial score (nSPS) is 10.7. The zero-order chi connectivity index (χ0) is 20.2. The molecule has 5 nitrogen and oxygen atoms in total. The summed E-state index contributed by atoms with van der Waals surface area (Å²) in [4.78, 5) is 19.3. The van der Waals surface area contributed by atoms with E-state index in [0.717, 1.165) is 28.1 Å². The van der Waals surface area contributed by atoms with Gasteiger partial charge in [0.2, 0.25) is 0 Å². The summed E-state index contributed by atoms with van der Waals surface area (Å²) in [5.74, 6) is -0.0931. The quantitative estimate of drug-likeness (QED) is 0.505. The lowest BCUT2D eigenvalue weighted by atomic mass is 10.1. The number of aryl methyl sites for hydroxylation is 2. The average molecular weight is 382 g/mol. The van der Waals surface area contributed by atoms with Crippen LogP contribution in [0.15, 0.2) is 85.2 Å². The molecule has 144 valence electrons. The Labute approximate surface area is 170 Å². The lowest BCUT2D eigenvalue weighted by molar-refractivity contribution is 0.0976. The fraction of sp³-hybridized carbons (Fsp3) is 0.125. The van der Waals surface area contributed by atoms with Crippen molar-refractivity contribution in [3.8, 4) is 11.1 Å². The molecular weight excluding hydrogens is 360 g/mol. The minimum absolute atomic E-state index is 0.0931. The predicted octanol–water partition coefficient (Wildman–Crippen LogP) is 4.64. The molecule has 2 aromatic heterocycles. The summed E-state index contributed by atoms with van der Waals surface area (Å²) < 4.78 is 1.63. The zero-order valence-corrected chi connectivity index (χ0v) is 16.5. The lowest BCUT2D eigenvalue weighted by Gasteiger charge is -2.23. The number of amides is 1. The van der Waals surface area contributed by atoms with Crippen LogP contribution in [0.1, 0.15) is 21.7 Å². The van der Waals surface area contributed by atoms with Gasteiger partial charge in [-0.2, -0.15) is 5.10 Å². The molecule has 2 heterocycles. The summed E-state index contributed by atoms with van der Waals surface area (Å²) in [6.07, 6.45) is 3.52. The molecule has 4 rings (SSSR count). The third kappa shape index (κ3) is 4.09. The van der Waals surface area contributed by atoms with Gasteiger partial charge in [0.25, 0.3) is 5.91 Å². The van der Waals surface area contributed by atoms with Gasteiger partial charge in [-0.25, -0.2) is 0 Å². The Balaban J connectivity index is 1.70. The van der Waals surface area contributed by atoms with Gasteiger partial charge in [-0.15, -0.1) is 0 Å². The van der Waals surface area contributed by atoms with Crippen LogP contribution < -0.4 is 4.90 Å². The van der Waals surface area contributed by atoms with Crippen LogP contribution in [0.4, 0.5) is 5.69 Å². The molecule has 0 saturated heterocycles. The largest absolute Gasteiger partial charge is 0.303 e. The number of hydrogen-bond donors (Lipinski definition) is 0. The van der Waals surface area contributed by atoms with Gasteiger partial charge in [-0.05, 0) is 47.9 Å². The monoisotopic (exact) mass is 382 g/mol. The van der Waals surface area contributed by atoms with Crippen molar-refractivity contribution in [1.29, 1.82) is 0 Å². The maximum atomic E-state index is 13.4. The third-order valence-corrected chi connectivity index (χ3v) is 4.82. The van der Waals surface area contributed by atoms with E-state index in [9.17, 15) is 4.79 Å². The second-order valence-corrected chi connectivity index (χ2v) is 6.96. The highest BCUT2D eigenvalue weighted by molar-refractivity contribution is 6.05. The van der Waals surface area contributed by atoms with Crippen molar-refractivity contribution in [1.82, 2.24) is 14.8 Å². The molecule has 5 heteroatoms. The smallest absolute Gasteiger partial charge is 0.276 e. The highest BCUT2D eigenvalue weighted by Crippen LogP contribution is 2.25. The lowest BCUT2D eigenvalue weighted by Crippen LogP contribution is -2.32. The van der Waals surface area contributed by atoms with E-state index in [2.05, 4.69) is 22.2 Å². The first-order valence-electron chi connectivity index (χ1n) is 9.49. The third-order valence-electron chi connectivity index (χ3n) is 4.82. The number of anilines is 1. The van der Waals surface area contributed by atoms with E-state index in [1.807, 2.05) is 67.6 Å². The van der Waals surface area contributed by atoms with Gasteiger partial charge in [-0.1, -0.05) is 48.5 Å². The molecule has 0 radical (unpaired) electrons. The average Bonchev–Trinajstić information content (AvgIpc) is 3.11. The molecule has 0 spiro atoms. The molecule has 1 amide bonds. The highest BCUT2D eigenvalue weighted by atomic mass is 16.2. The number of aromatic nitrogens is 3. The van der Waals surface area contributed by atoms with Crippen molar-refractivity contribution in [2.24, 2.45) is 7.05 Å². The fourth-order valence-corrected chi connectivity index (χ4v) is 3.37. The van der Waals surface area contributed by atoms with Gasteiger partial charge in [-0.3, -0.25) is 14.5 Å². The second-order valence-electron chi connectivity index (χ2n) is 6.96. The van der Waals surface area contributed by atoms with Gasteiger partial charge in [0.05, 0.1) is 12.2 Å². The molecule has 0 aliphatic rings. The van der Waals surface area contributed by atoms with E-state index in [1.54, 1.807) is 29.0 Å². The Kier molecular flexibility index (Phi) is 5.20. The van der Waals surface area contributed by atoms with Gasteiger partial charge >= 0.3 is 0 Å². The zero-order valence-electron chi connectivity index (χ0n) is 16.5. The van der Waals surface area contributed by atoms with E-state index in [-0.39, 0.29) is 5.91 Å². The van der Waals surface area contributed by atoms with Crippen LogP contribution in [-0.4, -0.2) is 20.7 Å². The Morgan fingerprint density at radius 3 is 2.31 bits per heavy atom. The van der Waals surface area contributed by atoms with E-state index >= 15 is 0 Å². The molecule has 4 aromatic rings. The van der Waals surface area contributed by atoms with E-state index in [0.29, 0.717) is 12.2 Å². The van der Waals surface area contributed by atoms with Gasteiger partial charge in [0.1, 0.15) is 5.69 Å². The van der Waals surface area contributed by atoms with Crippen LogP contribution in [0, 0.1) is 6.92 Å². The van der Waals surface area contributed by atoms with Crippen molar-refractivity contribution in [3.05, 3.63) is 102 Å². The standard InChI is InChI=1S/C24H22N4O/c1-18-15-23(27(2)26-18)24(29)28(17-19-7-6-14-25-16-19)22-12-10-21(11-13-22)20-8-4-3-5-9-20/h3-16H,17H2,1-2H3. The van der Waals surface area contributed by atoms with Crippen LogP contribution in [-0.2, 0) is 13.6 Å². The molecule has 0 aliphatic carbocycles. The summed E-state index contributed by atoms with van der Waals surface area (Å²) in [6, 6.07) is 23.9. The predicted molar refractivity (Wildman–Crippen MR) is 115 cm³/mol. The number of carbonyl (C=O) groups is 1. The highest BCUT2D eigenvalue weighted by Gasteiger charge is 2.22. The van der Waals surface area contributed by atoms with Crippen molar-refractivity contribution in [3.63, 3.8) is 0 Å². The molecule has 0 N–H and O–H groups in total. The molecule has 0 aliphatic heterocycles. The number of nitrogens with zero attached hydrogens (tertiary/aromatic N) is 4. The first kappa shape index (κ1) is 18.6. The summed E-state index contributed by atoms with van der Waals surface area (Å²) in [5.41, 5.74) is 5.42. The fourth-order valence-electron chi connectivity index (χ4n) is 3.37. The summed E-state index contributed by atoms with van der Waals surface area (Å²) in [6.45, 7) is 2.32. The Bertz CT molecular complexity index is 1100. The first-order valence-corrected chi connectivity index (χ1v) is 9.49. The van der Waals surface area contributed by atoms with Gasteiger partial charge in [0, 0.05) is 25.1 Å². The van der Waals surface area contributed by atoms with Crippen molar-refractivity contribution < 1.29 is 4.79 Å². The first-order chi connectivity index (χ1) is 14.1. The van der Waals surface area contributed by atoms with Crippen LogP contribution in [0.3, 0.4) is 0 Å². The molecule has 2 aromatic carbocycles. The number of carbonyl (C=O) groups excluding carboxylic acids is 1. The van der Waals surface area contributed by atoms with Crippen LogP contribution in [0.5, 0.6) is 0 Å². The number of hydrogen-bond acceptors (Lipinski definition) is 3. The van der Waals surface area contributed by atoms with E-state index < -0.39 is 0 Å². The van der Waals surface area contributed by atoms with Gasteiger partial charge in [0.15, 0.2) is 0 Å². The van der Waals surface area contributed by atoms with Crippen LogP contribution in [0.25, 0.3) is 11.1 Å². The van der Waals surface area contributed by atoms with E-state index in [1.165, 1.54) is 0 Å². The number of rotatable bonds is 5. The Hall–Kier alpha value is -3.73. The molecule has 0 saturated carbocycles. The molecule has 0 unspecified atom stereocenters. The molecule has 29 heavy (non-hydrogen) atoms. The maximum Gasteiger partial charge on any atom is 0.276 e. The topological polar surface area (TPSA) is 51.0 Å². The van der Waals surface area contributed by atoms with Gasteiger partial charge < -0.3 is 4.90 Å². The summed E-state index contributed by atoms with van der Waals surface area (Å²) >= 11 is 0. The van der Waals surface area contributed by atoms with Crippen molar-refractivity contribution >= 4 is 11.6 Å². The summed E-state index contributed by atoms with van der Waals surface area (Å²) in [7, 11) is 1.79. The molecule has 0 bridgehead atoms. The number of benzene rings is 2. The van der Waals surface area contributed by atoms with Crippen LogP contribution >= 0.6 is 0 Å². The number of pyridine rings is 1. The minimum atomic E-state index is -0.0931. The van der Waals surface area contributed by atoms with Crippen molar-refractivity contribution in [2.45, 2.75) is 13.5 Å². The Morgan fingerprint density at radius 2 is 1.69 bits per heavy atom. The van der Waals surface area contributed by atoms with E-state index in [4.69, 9.17) is 0 Å². The molecule has 0 fully saturated rings. The summed E-state index contributed by atoms with van der Waals surface area (Å²) in [5, 5.41) is 4.33. The second kappa shape index (κ2) is 8.10. The van der Waals surface area contributed by atoms with Crippen molar-refractivity contribution in [2.75, 3.05) is 4.90 Å². The molecule has 0 atom stereocenters. The molecular formula is C24H22N4O. The minimum Gasteiger partial charge on any atom is -0.303 e. The Morgan fingerprint density at radius 1 is 0.966 bits per heavy atom.